The van der Waals surface area contributed by atoms with Crippen LogP contribution in [0.1, 0.15) is 24.8 Å². The summed E-state index contributed by atoms with van der Waals surface area (Å²) in [4.78, 5) is 49.9. The van der Waals surface area contributed by atoms with E-state index in [4.69, 9.17) is 5.73 Å². The summed E-state index contributed by atoms with van der Waals surface area (Å²) in [5, 5.41) is 28.2. The van der Waals surface area contributed by atoms with Crippen molar-refractivity contribution in [3.63, 3.8) is 0 Å². The molecule has 180 valence electrons. The van der Waals surface area contributed by atoms with Gasteiger partial charge in [-0.25, -0.2) is 4.79 Å². The normalized spacial score (nSPS) is 25.5. The van der Waals surface area contributed by atoms with E-state index >= 15 is 0 Å². The van der Waals surface area contributed by atoms with E-state index in [1.54, 1.807) is 0 Å². The van der Waals surface area contributed by atoms with Crippen LogP contribution < -0.4 is 21.7 Å². The Hall–Kier alpha value is -3.02. The number of carbonyl (C=O) groups is 4. The second-order valence-electron chi connectivity index (χ2n) is 8.49. The highest BCUT2D eigenvalue weighted by molar-refractivity contribution is 5.89. The van der Waals surface area contributed by atoms with Crippen LogP contribution in [0.25, 0.3) is 0 Å². The van der Waals surface area contributed by atoms with Gasteiger partial charge in [-0.1, -0.05) is 30.3 Å². The average molecular weight is 462 g/mol. The summed E-state index contributed by atoms with van der Waals surface area (Å²) in [5.74, 6) is -2.46. The molecule has 0 aromatic heterocycles. The van der Waals surface area contributed by atoms with Crippen molar-refractivity contribution in [2.45, 2.75) is 56.0 Å². The van der Waals surface area contributed by atoms with Crippen molar-refractivity contribution in [2.75, 3.05) is 19.6 Å². The minimum atomic E-state index is -1.23. The number of hydrogen-bond donors (Lipinski definition) is 6. The predicted octanol–water partition coefficient (Wildman–Crippen LogP) is -2.04. The van der Waals surface area contributed by atoms with Gasteiger partial charge in [0, 0.05) is 31.6 Å². The number of aliphatic hydroxyl groups is 1. The summed E-state index contributed by atoms with van der Waals surface area (Å²) in [6, 6.07) is 6.90. The van der Waals surface area contributed by atoms with Crippen molar-refractivity contribution < 1.29 is 29.4 Å². The molecule has 0 spiro atoms. The molecule has 3 amide bonds. The van der Waals surface area contributed by atoms with E-state index in [9.17, 15) is 29.4 Å². The minimum absolute atomic E-state index is 0.0327. The van der Waals surface area contributed by atoms with Crippen molar-refractivity contribution in [1.29, 1.82) is 0 Å². The molecule has 11 heteroatoms. The molecular weight excluding hydrogens is 430 g/mol. The molecule has 1 aromatic carbocycles. The second kappa shape index (κ2) is 11.2. The molecule has 2 heterocycles. The number of aliphatic carboxylic acids is 1. The molecule has 0 radical (unpaired) electrons. The number of nitrogens with two attached hydrogens (primary N) is 1. The molecule has 2 saturated heterocycles. The lowest BCUT2D eigenvalue weighted by Crippen LogP contribution is -2.49. The molecule has 0 bridgehead atoms. The van der Waals surface area contributed by atoms with Gasteiger partial charge < -0.3 is 36.8 Å². The van der Waals surface area contributed by atoms with Crippen LogP contribution in [0.2, 0.25) is 0 Å². The number of amides is 3. The van der Waals surface area contributed by atoms with Crippen molar-refractivity contribution in [2.24, 2.45) is 5.73 Å². The number of hydrogen-bond acceptors (Lipinski definition) is 7. The van der Waals surface area contributed by atoms with Crippen LogP contribution in [0, 0.1) is 0 Å². The predicted molar refractivity (Wildman–Crippen MR) is 118 cm³/mol. The Morgan fingerprint density at radius 3 is 2.52 bits per heavy atom. The maximum atomic E-state index is 13.0. The number of carboxylic acid groups (broad SMARTS) is 1. The monoisotopic (exact) mass is 461 g/mol. The molecule has 5 atom stereocenters. The third kappa shape index (κ3) is 6.50. The maximum absolute atomic E-state index is 13.0. The number of nitrogens with one attached hydrogen (secondary N) is 3. The summed E-state index contributed by atoms with van der Waals surface area (Å²) in [7, 11) is 0. The molecule has 1 aromatic rings. The van der Waals surface area contributed by atoms with Crippen LogP contribution in [-0.2, 0) is 25.6 Å². The number of carbonyl (C=O) groups excluding carboxylic acids is 3. The van der Waals surface area contributed by atoms with Crippen LogP contribution in [0.4, 0.5) is 0 Å². The summed E-state index contributed by atoms with van der Waals surface area (Å²) >= 11 is 0. The van der Waals surface area contributed by atoms with Gasteiger partial charge in [0.25, 0.3) is 0 Å². The highest BCUT2D eigenvalue weighted by atomic mass is 16.4. The molecule has 2 aliphatic heterocycles. The first-order valence-corrected chi connectivity index (χ1v) is 11.1. The van der Waals surface area contributed by atoms with Gasteiger partial charge in [-0.2, -0.15) is 0 Å². The van der Waals surface area contributed by atoms with Crippen LogP contribution in [0.3, 0.4) is 0 Å². The van der Waals surface area contributed by atoms with Crippen molar-refractivity contribution in [1.82, 2.24) is 20.9 Å². The molecule has 0 saturated carbocycles. The fourth-order valence-corrected chi connectivity index (χ4v) is 4.32. The van der Waals surface area contributed by atoms with Gasteiger partial charge in [-0.05, 0) is 24.8 Å². The molecule has 2 aliphatic rings. The summed E-state index contributed by atoms with van der Waals surface area (Å²) in [6.45, 7) is 0.257. The largest absolute Gasteiger partial charge is 0.480 e. The maximum Gasteiger partial charge on any atom is 0.326 e. The van der Waals surface area contributed by atoms with E-state index in [0.717, 1.165) is 5.56 Å². The van der Waals surface area contributed by atoms with Gasteiger partial charge >= 0.3 is 5.97 Å². The Morgan fingerprint density at radius 1 is 1.12 bits per heavy atom. The minimum Gasteiger partial charge on any atom is -0.480 e. The summed E-state index contributed by atoms with van der Waals surface area (Å²) in [5.41, 5.74) is 6.29. The Morgan fingerprint density at radius 2 is 1.85 bits per heavy atom. The number of aliphatic hydroxyl groups excluding tert-OH is 1. The van der Waals surface area contributed by atoms with E-state index in [1.807, 2.05) is 30.3 Å². The molecule has 33 heavy (non-hydrogen) atoms. The van der Waals surface area contributed by atoms with Crippen LogP contribution >= 0.6 is 0 Å². The molecule has 2 fully saturated rings. The van der Waals surface area contributed by atoms with Crippen molar-refractivity contribution >= 4 is 23.7 Å². The Balaban J connectivity index is 1.53. The SMILES string of the molecule is NCC(=O)N[C@H]1CN[C@H](C(=O)N2C[C@@H](NC(=O)[C@H](O)CCc3ccccc3)C[C@H]2C(=O)O)C1. The first-order valence-electron chi connectivity index (χ1n) is 11.1. The molecular formula is C22H31N5O6. The molecule has 11 nitrogen and oxygen atoms in total. The summed E-state index contributed by atoms with van der Waals surface area (Å²) < 4.78 is 0. The number of carboxylic acids is 1. The Kier molecular flexibility index (Phi) is 8.37. The fraction of sp³-hybridized carbons (Fsp3) is 0.545. The zero-order valence-electron chi connectivity index (χ0n) is 18.3. The number of likely N-dealkylation sites (tertiary alicyclic amines) is 1. The van der Waals surface area contributed by atoms with E-state index in [1.165, 1.54) is 4.90 Å². The Labute approximate surface area is 191 Å². The highest BCUT2D eigenvalue weighted by Crippen LogP contribution is 2.22. The van der Waals surface area contributed by atoms with Crippen LogP contribution in [0.15, 0.2) is 30.3 Å². The molecule has 0 aliphatic carbocycles. The van der Waals surface area contributed by atoms with Gasteiger partial charge in [-0.3, -0.25) is 14.4 Å². The van der Waals surface area contributed by atoms with Crippen molar-refractivity contribution in [3.8, 4) is 0 Å². The van der Waals surface area contributed by atoms with E-state index in [2.05, 4.69) is 16.0 Å². The molecule has 0 unspecified atom stereocenters. The lowest BCUT2D eigenvalue weighted by atomic mass is 10.1. The van der Waals surface area contributed by atoms with Gasteiger partial charge in [0.05, 0.1) is 12.6 Å². The fourth-order valence-electron chi connectivity index (χ4n) is 4.32. The Bertz CT molecular complexity index is 866. The first kappa shape index (κ1) is 24.6. The number of nitrogens with zero attached hydrogens (tertiary/aromatic N) is 1. The first-order chi connectivity index (χ1) is 15.8. The van der Waals surface area contributed by atoms with E-state index in [0.29, 0.717) is 19.4 Å². The zero-order chi connectivity index (χ0) is 24.0. The van der Waals surface area contributed by atoms with Gasteiger partial charge in [0.15, 0.2) is 0 Å². The summed E-state index contributed by atoms with van der Waals surface area (Å²) in [6.07, 6.45) is -0.102. The zero-order valence-corrected chi connectivity index (χ0v) is 18.3. The third-order valence-corrected chi connectivity index (χ3v) is 6.05. The van der Waals surface area contributed by atoms with Gasteiger partial charge in [0.1, 0.15) is 12.1 Å². The molecule has 3 rings (SSSR count). The quantitative estimate of drug-likeness (QED) is 0.244. The standard InChI is InChI=1S/C22H31N5O6/c23-10-19(29)25-14-8-16(24-11-14)21(31)27-12-15(9-17(27)22(32)33)26-20(30)18(28)7-6-13-4-2-1-3-5-13/h1-5,14-18,24,28H,6-12,23H2,(H,25,29)(H,26,30)(H,32,33)/t14-,15+,16+,17+,18-/m1/s1. The third-order valence-electron chi connectivity index (χ3n) is 6.05. The number of aryl methyl sites for hydroxylation is 1. The van der Waals surface area contributed by atoms with E-state index in [-0.39, 0.29) is 37.9 Å². The number of rotatable bonds is 9. The second-order valence-corrected chi connectivity index (χ2v) is 8.49. The lowest BCUT2D eigenvalue weighted by molar-refractivity contribution is -0.148. The lowest BCUT2D eigenvalue weighted by Gasteiger charge is -2.25. The average Bonchev–Trinajstić information content (AvgIpc) is 3.45. The number of benzene rings is 1. The van der Waals surface area contributed by atoms with Crippen molar-refractivity contribution in [3.05, 3.63) is 35.9 Å². The highest BCUT2D eigenvalue weighted by Gasteiger charge is 2.44. The smallest absolute Gasteiger partial charge is 0.326 e. The van der Waals surface area contributed by atoms with Gasteiger partial charge in [0.2, 0.25) is 17.7 Å². The van der Waals surface area contributed by atoms with Crippen LogP contribution in [0.5, 0.6) is 0 Å². The van der Waals surface area contributed by atoms with Gasteiger partial charge in [-0.15, -0.1) is 0 Å². The van der Waals surface area contributed by atoms with E-state index < -0.39 is 42.0 Å². The topological polar surface area (TPSA) is 174 Å². The van der Waals surface area contributed by atoms with Crippen LogP contribution in [-0.4, -0.2) is 88.7 Å². The molecule has 7 N–H and O–H groups in total.